The first-order chi connectivity index (χ1) is 9.11. The molecule has 1 aliphatic rings. The van der Waals surface area contributed by atoms with Crippen LogP contribution in [-0.2, 0) is 4.79 Å². The molecule has 4 nitrogen and oxygen atoms in total. The Morgan fingerprint density at radius 2 is 2.05 bits per heavy atom. The normalized spacial score (nSPS) is 22.2. The Labute approximate surface area is 116 Å². The number of hydrogen-bond donors (Lipinski definition) is 1. The number of aliphatic carboxylic acids is 1. The number of carbonyl (C=O) groups is 2. The molecule has 1 aliphatic carbocycles. The quantitative estimate of drug-likeness (QED) is 0.666. The van der Waals surface area contributed by atoms with Crippen molar-refractivity contribution >= 4 is 23.4 Å². The van der Waals surface area contributed by atoms with E-state index in [4.69, 9.17) is 21.4 Å². The first-order valence-electron chi connectivity index (χ1n) is 6.19. The van der Waals surface area contributed by atoms with Gasteiger partial charge in [-0.1, -0.05) is 12.1 Å². The van der Waals surface area contributed by atoms with Gasteiger partial charge in [-0.2, -0.15) is 0 Å². The van der Waals surface area contributed by atoms with Crippen LogP contribution in [0.3, 0.4) is 0 Å². The maximum atomic E-state index is 11.7. The second-order valence-electron chi connectivity index (χ2n) is 4.64. The molecule has 102 valence electrons. The highest BCUT2D eigenvalue weighted by atomic mass is 35.5. The summed E-state index contributed by atoms with van der Waals surface area (Å²) in [5, 5.41) is 8.95. The van der Waals surface area contributed by atoms with E-state index in [-0.39, 0.29) is 23.7 Å². The number of ketones is 1. The molecule has 2 atom stereocenters. The zero-order chi connectivity index (χ0) is 13.8. The molecular weight excluding hydrogens is 268 g/mol. The maximum absolute atomic E-state index is 11.7. The van der Waals surface area contributed by atoms with E-state index in [0.29, 0.717) is 30.6 Å². The lowest BCUT2D eigenvalue weighted by Crippen LogP contribution is -2.17. The number of Topliss-reactive ketones (excluding diaryl/α,β-unsaturated/α-hetero) is 1. The van der Waals surface area contributed by atoms with Crippen molar-refractivity contribution in [2.24, 2.45) is 5.92 Å². The Morgan fingerprint density at radius 1 is 1.32 bits per heavy atom. The second-order valence-corrected chi connectivity index (χ2v) is 4.91. The summed E-state index contributed by atoms with van der Waals surface area (Å²) in [7, 11) is 0. The monoisotopic (exact) mass is 282 g/mol. The number of alkyl halides is 1. The van der Waals surface area contributed by atoms with Gasteiger partial charge in [0.25, 0.3) is 0 Å². The first-order valence-corrected chi connectivity index (χ1v) is 6.73. The standard InChI is InChI=1S/C14H15ClO4/c15-8-12(16)11-3-1-2-4-13(11)19-10-6-5-9(7-10)14(17)18/h1-4,9-10H,5-8H2,(H,17,18). The molecule has 0 bridgehead atoms. The summed E-state index contributed by atoms with van der Waals surface area (Å²) in [6, 6.07) is 6.92. The number of rotatable bonds is 5. The summed E-state index contributed by atoms with van der Waals surface area (Å²) in [6.45, 7) is 0. The molecule has 0 spiro atoms. The van der Waals surface area contributed by atoms with Crippen LogP contribution in [0.4, 0.5) is 0 Å². The molecule has 0 saturated heterocycles. The van der Waals surface area contributed by atoms with Crippen molar-refractivity contribution in [2.75, 3.05) is 5.88 Å². The van der Waals surface area contributed by atoms with Gasteiger partial charge in [-0.3, -0.25) is 9.59 Å². The number of benzene rings is 1. The number of para-hydroxylation sites is 1. The van der Waals surface area contributed by atoms with Crippen LogP contribution in [0, 0.1) is 5.92 Å². The van der Waals surface area contributed by atoms with Gasteiger partial charge in [-0.15, -0.1) is 11.6 Å². The Bertz CT molecular complexity index is 486. The van der Waals surface area contributed by atoms with Crippen LogP contribution in [-0.4, -0.2) is 28.8 Å². The van der Waals surface area contributed by atoms with E-state index in [1.54, 1.807) is 24.3 Å². The van der Waals surface area contributed by atoms with Gasteiger partial charge in [0.1, 0.15) is 5.75 Å². The number of ether oxygens (including phenoxy) is 1. The minimum atomic E-state index is -0.781. The summed E-state index contributed by atoms with van der Waals surface area (Å²) >= 11 is 5.56. The van der Waals surface area contributed by atoms with Gasteiger partial charge in [-0.05, 0) is 31.4 Å². The first kappa shape index (κ1) is 13.9. The fraction of sp³-hybridized carbons (Fsp3) is 0.429. The molecule has 1 saturated carbocycles. The van der Waals surface area contributed by atoms with Crippen LogP contribution in [0.15, 0.2) is 24.3 Å². The fourth-order valence-corrected chi connectivity index (χ4v) is 2.47. The third-order valence-corrected chi connectivity index (χ3v) is 3.58. The van der Waals surface area contributed by atoms with Gasteiger partial charge in [0.15, 0.2) is 5.78 Å². The van der Waals surface area contributed by atoms with Crippen molar-refractivity contribution in [3.63, 3.8) is 0 Å². The van der Waals surface area contributed by atoms with Gasteiger partial charge in [0.05, 0.1) is 23.5 Å². The highest BCUT2D eigenvalue weighted by molar-refractivity contribution is 6.30. The third kappa shape index (κ3) is 3.26. The third-order valence-electron chi connectivity index (χ3n) is 3.34. The van der Waals surface area contributed by atoms with Crippen molar-refractivity contribution < 1.29 is 19.4 Å². The van der Waals surface area contributed by atoms with Gasteiger partial charge in [-0.25, -0.2) is 0 Å². The average Bonchev–Trinajstić information content (AvgIpc) is 2.87. The molecule has 0 aliphatic heterocycles. The lowest BCUT2D eigenvalue weighted by atomic mass is 10.1. The molecule has 1 aromatic carbocycles. The van der Waals surface area contributed by atoms with Crippen LogP contribution in [0.25, 0.3) is 0 Å². The number of carbonyl (C=O) groups excluding carboxylic acids is 1. The highest BCUT2D eigenvalue weighted by Crippen LogP contribution is 2.30. The van der Waals surface area contributed by atoms with Crippen LogP contribution in [0.5, 0.6) is 5.75 Å². The Balaban J connectivity index is 2.08. The number of carboxylic acid groups (broad SMARTS) is 1. The number of carboxylic acids is 1. The molecule has 1 fully saturated rings. The Kier molecular flexibility index (Phi) is 4.43. The maximum Gasteiger partial charge on any atom is 0.306 e. The Morgan fingerprint density at radius 3 is 2.68 bits per heavy atom. The van der Waals surface area contributed by atoms with Crippen LogP contribution in [0.1, 0.15) is 29.6 Å². The predicted molar refractivity (Wildman–Crippen MR) is 70.9 cm³/mol. The molecule has 2 unspecified atom stereocenters. The zero-order valence-electron chi connectivity index (χ0n) is 10.3. The van der Waals surface area contributed by atoms with Crippen LogP contribution < -0.4 is 4.74 Å². The summed E-state index contributed by atoms with van der Waals surface area (Å²) in [5.41, 5.74) is 0.455. The topological polar surface area (TPSA) is 63.6 Å². The summed E-state index contributed by atoms with van der Waals surface area (Å²) < 4.78 is 5.77. The predicted octanol–water partition coefficient (Wildman–Crippen LogP) is 2.74. The van der Waals surface area contributed by atoms with Gasteiger partial charge < -0.3 is 9.84 Å². The van der Waals surface area contributed by atoms with Gasteiger partial charge in [0.2, 0.25) is 0 Å². The SMILES string of the molecule is O=C(CCl)c1ccccc1OC1CCC(C(=O)O)C1. The molecular formula is C14H15ClO4. The summed E-state index contributed by atoms with van der Waals surface area (Å²) in [6.07, 6.45) is 1.65. The highest BCUT2D eigenvalue weighted by Gasteiger charge is 2.31. The molecule has 5 heteroatoms. The zero-order valence-corrected chi connectivity index (χ0v) is 11.1. The van der Waals surface area contributed by atoms with Crippen molar-refractivity contribution in [3.8, 4) is 5.75 Å². The van der Waals surface area contributed by atoms with Gasteiger partial charge >= 0.3 is 5.97 Å². The molecule has 0 heterocycles. The van der Waals surface area contributed by atoms with E-state index in [9.17, 15) is 9.59 Å². The van der Waals surface area contributed by atoms with Crippen molar-refractivity contribution in [2.45, 2.75) is 25.4 Å². The molecule has 19 heavy (non-hydrogen) atoms. The lowest BCUT2D eigenvalue weighted by Gasteiger charge is -2.15. The van der Waals surface area contributed by atoms with Crippen molar-refractivity contribution in [1.29, 1.82) is 0 Å². The van der Waals surface area contributed by atoms with E-state index < -0.39 is 5.97 Å². The Hall–Kier alpha value is -1.55. The van der Waals surface area contributed by atoms with E-state index in [0.717, 1.165) is 0 Å². The van der Waals surface area contributed by atoms with Crippen molar-refractivity contribution in [1.82, 2.24) is 0 Å². The average molecular weight is 283 g/mol. The molecule has 0 radical (unpaired) electrons. The number of hydrogen-bond acceptors (Lipinski definition) is 3. The van der Waals surface area contributed by atoms with Crippen molar-refractivity contribution in [3.05, 3.63) is 29.8 Å². The molecule has 0 amide bonds. The van der Waals surface area contributed by atoms with E-state index >= 15 is 0 Å². The fourth-order valence-electron chi connectivity index (χ4n) is 2.32. The van der Waals surface area contributed by atoms with E-state index in [1.165, 1.54) is 0 Å². The molecule has 1 aromatic rings. The minimum absolute atomic E-state index is 0.0945. The lowest BCUT2D eigenvalue weighted by molar-refractivity contribution is -0.141. The minimum Gasteiger partial charge on any atom is -0.490 e. The smallest absolute Gasteiger partial charge is 0.306 e. The second kappa shape index (κ2) is 6.06. The van der Waals surface area contributed by atoms with Crippen LogP contribution >= 0.6 is 11.6 Å². The number of halogens is 1. The molecule has 0 aromatic heterocycles. The summed E-state index contributed by atoms with van der Waals surface area (Å²) in [5.74, 6) is -0.922. The van der Waals surface area contributed by atoms with E-state index in [2.05, 4.69) is 0 Å². The molecule has 2 rings (SSSR count). The molecule has 1 N–H and O–H groups in total. The van der Waals surface area contributed by atoms with Gasteiger partial charge in [0, 0.05) is 0 Å². The largest absolute Gasteiger partial charge is 0.490 e. The van der Waals surface area contributed by atoms with E-state index in [1.807, 2.05) is 0 Å². The summed E-state index contributed by atoms with van der Waals surface area (Å²) in [4.78, 5) is 22.6. The van der Waals surface area contributed by atoms with Crippen LogP contribution in [0.2, 0.25) is 0 Å².